The van der Waals surface area contributed by atoms with Crippen molar-refractivity contribution in [1.29, 1.82) is 0 Å². The molecule has 33 heavy (non-hydrogen) atoms. The highest BCUT2D eigenvalue weighted by Crippen LogP contribution is 2.18. The lowest BCUT2D eigenvalue weighted by molar-refractivity contribution is -0.144. The molecule has 3 aromatic carbocycles. The van der Waals surface area contributed by atoms with Crippen LogP contribution in [0.1, 0.15) is 34.3 Å². The van der Waals surface area contributed by atoms with E-state index in [0.29, 0.717) is 24.2 Å². The Balaban J connectivity index is 1.48. The van der Waals surface area contributed by atoms with E-state index in [2.05, 4.69) is 5.32 Å². The van der Waals surface area contributed by atoms with Gasteiger partial charge in [-0.3, -0.25) is 14.4 Å². The standard InChI is InChI=1S/C27H28N2O4/c1-29(20-22-12-6-3-7-13-22)27(32)23-14-8-9-15-24(23)28-25(30)16-17-26(31)33-19-18-21-10-4-2-5-11-21/h2-15H,16-20H2,1H3,(H,28,30). The van der Waals surface area contributed by atoms with Gasteiger partial charge in [-0.15, -0.1) is 0 Å². The summed E-state index contributed by atoms with van der Waals surface area (Å²) in [5.74, 6) is -0.968. The molecule has 0 saturated carbocycles. The highest BCUT2D eigenvalue weighted by Gasteiger charge is 2.17. The largest absolute Gasteiger partial charge is 0.465 e. The highest BCUT2D eigenvalue weighted by molar-refractivity contribution is 6.03. The molecule has 0 unspecified atom stereocenters. The second kappa shape index (κ2) is 12.2. The van der Waals surface area contributed by atoms with Crippen molar-refractivity contribution in [1.82, 2.24) is 4.90 Å². The van der Waals surface area contributed by atoms with E-state index in [1.165, 1.54) is 0 Å². The Bertz CT molecular complexity index is 1070. The Labute approximate surface area is 194 Å². The second-order valence-electron chi connectivity index (χ2n) is 7.70. The van der Waals surface area contributed by atoms with Gasteiger partial charge in [0.15, 0.2) is 0 Å². The van der Waals surface area contributed by atoms with Crippen molar-refractivity contribution in [2.75, 3.05) is 19.0 Å². The smallest absolute Gasteiger partial charge is 0.306 e. The Morgan fingerprint density at radius 2 is 1.39 bits per heavy atom. The molecule has 6 heteroatoms. The molecular weight excluding hydrogens is 416 g/mol. The van der Waals surface area contributed by atoms with Crippen LogP contribution >= 0.6 is 0 Å². The van der Waals surface area contributed by atoms with Crippen LogP contribution in [-0.2, 0) is 27.3 Å². The van der Waals surface area contributed by atoms with Crippen LogP contribution in [0.2, 0.25) is 0 Å². The zero-order valence-corrected chi connectivity index (χ0v) is 18.7. The maximum atomic E-state index is 13.0. The lowest BCUT2D eigenvalue weighted by Gasteiger charge is -2.19. The number of hydrogen-bond donors (Lipinski definition) is 1. The molecule has 0 atom stereocenters. The van der Waals surface area contributed by atoms with Crippen molar-refractivity contribution >= 4 is 23.5 Å². The average molecular weight is 445 g/mol. The number of hydrogen-bond acceptors (Lipinski definition) is 4. The van der Waals surface area contributed by atoms with Crippen molar-refractivity contribution in [3.05, 3.63) is 102 Å². The second-order valence-corrected chi connectivity index (χ2v) is 7.70. The van der Waals surface area contributed by atoms with Crippen molar-refractivity contribution in [3.63, 3.8) is 0 Å². The maximum absolute atomic E-state index is 13.0. The minimum absolute atomic E-state index is 0.0213. The Morgan fingerprint density at radius 1 is 0.788 bits per heavy atom. The van der Waals surface area contributed by atoms with E-state index in [9.17, 15) is 14.4 Å². The number of nitrogens with zero attached hydrogens (tertiary/aromatic N) is 1. The van der Waals surface area contributed by atoms with E-state index >= 15 is 0 Å². The monoisotopic (exact) mass is 444 g/mol. The normalized spacial score (nSPS) is 10.3. The predicted molar refractivity (Wildman–Crippen MR) is 128 cm³/mol. The molecule has 1 N–H and O–H groups in total. The zero-order chi connectivity index (χ0) is 23.5. The van der Waals surface area contributed by atoms with Crippen molar-refractivity contribution in [2.24, 2.45) is 0 Å². The lowest BCUT2D eigenvalue weighted by atomic mass is 10.1. The third kappa shape index (κ3) is 7.61. The Hall–Kier alpha value is -3.93. The van der Waals surface area contributed by atoms with Gasteiger partial charge in [0.25, 0.3) is 5.91 Å². The fourth-order valence-electron chi connectivity index (χ4n) is 3.34. The van der Waals surface area contributed by atoms with Gasteiger partial charge in [-0.2, -0.15) is 0 Å². The van der Waals surface area contributed by atoms with Crippen LogP contribution in [0.15, 0.2) is 84.9 Å². The van der Waals surface area contributed by atoms with Gasteiger partial charge in [0.1, 0.15) is 0 Å². The summed E-state index contributed by atoms with van der Waals surface area (Å²) in [6.07, 6.45) is 0.585. The molecule has 2 amide bonds. The van der Waals surface area contributed by atoms with Crippen LogP contribution in [0.4, 0.5) is 5.69 Å². The quantitative estimate of drug-likeness (QED) is 0.469. The highest BCUT2D eigenvalue weighted by atomic mass is 16.5. The van der Waals surface area contributed by atoms with Gasteiger partial charge in [0, 0.05) is 26.4 Å². The van der Waals surface area contributed by atoms with Gasteiger partial charge in [-0.1, -0.05) is 72.8 Å². The first-order valence-electron chi connectivity index (χ1n) is 10.9. The van der Waals surface area contributed by atoms with Crippen molar-refractivity contribution in [2.45, 2.75) is 25.8 Å². The van der Waals surface area contributed by atoms with Crippen LogP contribution in [0, 0.1) is 0 Å². The summed E-state index contributed by atoms with van der Waals surface area (Å²) in [6.45, 7) is 0.728. The molecule has 0 aliphatic heterocycles. The third-order valence-electron chi connectivity index (χ3n) is 5.09. The first kappa shape index (κ1) is 23.7. The molecular formula is C27H28N2O4. The molecule has 170 valence electrons. The number of ether oxygens (including phenoxy) is 1. The number of amides is 2. The SMILES string of the molecule is CN(Cc1ccccc1)C(=O)c1ccccc1NC(=O)CCC(=O)OCCc1ccccc1. The predicted octanol–water partition coefficient (Wildman–Crippen LogP) is 4.46. The van der Waals surface area contributed by atoms with Crippen molar-refractivity contribution < 1.29 is 19.1 Å². The van der Waals surface area contributed by atoms with Gasteiger partial charge in [0.05, 0.1) is 24.3 Å². The fraction of sp³-hybridized carbons (Fsp3) is 0.222. The first-order chi connectivity index (χ1) is 16.0. The molecule has 0 fully saturated rings. The lowest BCUT2D eigenvalue weighted by Crippen LogP contribution is -2.27. The fourth-order valence-corrected chi connectivity index (χ4v) is 3.34. The summed E-state index contributed by atoms with van der Waals surface area (Å²) >= 11 is 0. The minimum atomic E-state index is -0.423. The average Bonchev–Trinajstić information content (AvgIpc) is 2.84. The summed E-state index contributed by atoms with van der Waals surface area (Å²) in [5.41, 5.74) is 2.92. The van der Waals surface area contributed by atoms with Gasteiger partial charge in [-0.05, 0) is 23.3 Å². The summed E-state index contributed by atoms with van der Waals surface area (Å²) in [6, 6.07) is 26.3. The van der Waals surface area contributed by atoms with E-state index in [1.807, 2.05) is 60.7 Å². The van der Waals surface area contributed by atoms with Gasteiger partial charge < -0.3 is 15.0 Å². The zero-order valence-electron chi connectivity index (χ0n) is 18.7. The van der Waals surface area contributed by atoms with E-state index in [1.54, 1.807) is 36.2 Å². The minimum Gasteiger partial charge on any atom is -0.465 e. The molecule has 0 spiro atoms. The van der Waals surface area contributed by atoms with Crippen LogP contribution in [0.25, 0.3) is 0 Å². The molecule has 0 aliphatic rings. The van der Waals surface area contributed by atoms with Crippen molar-refractivity contribution in [3.8, 4) is 0 Å². The van der Waals surface area contributed by atoms with Crippen LogP contribution in [0.3, 0.4) is 0 Å². The van der Waals surface area contributed by atoms with Crippen LogP contribution in [-0.4, -0.2) is 36.3 Å². The maximum Gasteiger partial charge on any atom is 0.306 e. The van der Waals surface area contributed by atoms with Gasteiger partial charge in [0.2, 0.25) is 5.91 Å². The van der Waals surface area contributed by atoms with Gasteiger partial charge >= 0.3 is 5.97 Å². The number of carbonyl (C=O) groups excluding carboxylic acids is 3. The molecule has 3 rings (SSSR count). The molecule has 0 radical (unpaired) electrons. The summed E-state index contributed by atoms with van der Waals surface area (Å²) in [4.78, 5) is 38.9. The topological polar surface area (TPSA) is 75.7 Å². The molecule has 3 aromatic rings. The number of rotatable bonds is 10. The molecule has 0 aromatic heterocycles. The number of benzene rings is 3. The first-order valence-corrected chi connectivity index (χ1v) is 10.9. The summed E-state index contributed by atoms with van der Waals surface area (Å²) < 4.78 is 5.22. The number of esters is 1. The number of anilines is 1. The number of nitrogens with one attached hydrogen (secondary N) is 1. The third-order valence-corrected chi connectivity index (χ3v) is 5.09. The van der Waals surface area contributed by atoms with E-state index in [0.717, 1.165) is 11.1 Å². The van der Waals surface area contributed by atoms with E-state index in [4.69, 9.17) is 4.74 Å². The number of para-hydroxylation sites is 1. The van der Waals surface area contributed by atoms with Gasteiger partial charge in [-0.25, -0.2) is 0 Å². The molecule has 0 bridgehead atoms. The molecule has 0 heterocycles. The van der Waals surface area contributed by atoms with E-state index in [-0.39, 0.29) is 31.3 Å². The summed E-state index contributed by atoms with van der Waals surface area (Å²) in [7, 11) is 1.72. The van der Waals surface area contributed by atoms with Crippen LogP contribution < -0.4 is 5.32 Å². The molecule has 6 nitrogen and oxygen atoms in total. The molecule has 0 aliphatic carbocycles. The van der Waals surface area contributed by atoms with Crippen LogP contribution in [0.5, 0.6) is 0 Å². The Morgan fingerprint density at radius 3 is 2.09 bits per heavy atom. The Kier molecular flexibility index (Phi) is 8.77. The molecule has 0 saturated heterocycles. The summed E-state index contributed by atoms with van der Waals surface area (Å²) in [5, 5.41) is 2.75. The van der Waals surface area contributed by atoms with E-state index < -0.39 is 5.97 Å². The number of carbonyl (C=O) groups is 3.